The molecule has 1 saturated heterocycles. The summed E-state index contributed by atoms with van der Waals surface area (Å²) in [5.74, 6) is 0.0626. The Morgan fingerprint density at radius 2 is 1.86 bits per heavy atom. The van der Waals surface area contributed by atoms with Crippen LogP contribution in [0.25, 0.3) is 0 Å². The number of nitrogens with one attached hydrogen (secondary N) is 1. The molecule has 1 aliphatic carbocycles. The number of nitrogens with zero attached hydrogens (tertiary/aromatic N) is 1. The molecule has 1 N–H and O–H groups in total. The lowest BCUT2D eigenvalue weighted by molar-refractivity contribution is -0.154. The zero-order valence-corrected chi connectivity index (χ0v) is 14.2. The average Bonchev–Trinajstić information content (AvgIpc) is 2.93. The van der Waals surface area contributed by atoms with Crippen LogP contribution < -0.4 is 5.32 Å². The van der Waals surface area contributed by atoms with E-state index in [0.29, 0.717) is 6.54 Å². The fourth-order valence-electron chi connectivity index (χ4n) is 3.30. The normalized spacial score (nSPS) is 24.5. The third-order valence-corrected chi connectivity index (χ3v) is 5.32. The van der Waals surface area contributed by atoms with Crippen molar-refractivity contribution in [2.75, 3.05) is 0 Å². The highest BCUT2D eigenvalue weighted by Crippen LogP contribution is 2.35. The van der Waals surface area contributed by atoms with Crippen LogP contribution in [0.3, 0.4) is 0 Å². The molecular weight excluding hydrogens is 379 g/mol. The lowest BCUT2D eigenvalue weighted by atomic mass is 9.90. The van der Waals surface area contributed by atoms with Gasteiger partial charge in [-0.3, -0.25) is 9.59 Å². The van der Waals surface area contributed by atoms with Crippen LogP contribution in [0.4, 0.5) is 0 Å². The SMILES string of the molecule is CC1C(=O)NC2(CCCC2)C(=O)N1Cc1ccc(I)cc1. The zero-order chi connectivity index (χ0) is 15.0. The third kappa shape index (κ3) is 2.67. The van der Waals surface area contributed by atoms with Gasteiger partial charge in [0.15, 0.2) is 0 Å². The van der Waals surface area contributed by atoms with Crippen molar-refractivity contribution in [1.82, 2.24) is 10.2 Å². The van der Waals surface area contributed by atoms with E-state index < -0.39 is 11.6 Å². The highest BCUT2D eigenvalue weighted by Gasteiger charge is 2.50. The van der Waals surface area contributed by atoms with Gasteiger partial charge in [0.05, 0.1) is 0 Å². The first-order chi connectivity index (χ1) is 10.0. The van der Waals surface area contributed by atoms with Crippen molar-refractivity contribution in [3.63, 3.8) is 0 Å². The molecule has 0 bridgehead atoms. The van der Waals surface area contributed by atoms with Crippen LogP contribution in [0.1, 0.15) is 38.2 Å². The maximum absolute atomic E-state index is 12.9. The second-order valence-corrected chi connectivity index (χ2v) is 7.26. The van der Waals surface area contributed by atoms with E-state index in [0.717, 1.165) is 31.2 Å². The number of carbonyl (C=O) groups is 2. The molecule has 0 radical (unpaired) electrons. The Kier molecular flexibility index (Phi) is 3.94. The summed E-state index contributed by atoms with van der Waals surface area (Å²) in [7, 11) is 0. The summed E-state index contributed by atoms with van der Waals surface area (Å²) in [5, 5.41) is 2.98. The van der Waals surface area contributed by atoms with Gasteiger partial charge in [0.1, 0.15) is 11.6 Å². The number of benzene rings is 1. The van der Waals surface area contributed by atoms with Crippen LogP contribution in [-0.4, -0.2) is 28.3 Å². The molecule has 3 rings (SSSR count). The molecular formula is C16H19IN2O2. The van der Waals surface area contributed by atoms with E-state index in [1.165, 1.54) is 3.57 Å². The largest absolute Gasteiger partial charge is 0.340 e. The molecule has 0 aromatic heterocycles. The van der Waals surface area contributed by atoms with Crippen LogP contribution in [-0.2, 0) is 16.1 Å². The minimum absolute atomic E-state index is 0.0259. The third-order valence-electron chi connectivity index (χ3n) is 4.60. The predicted octanol–water partition coefficient (Wildman–Crippen LogP) is 2.45. The Balaban J connectivity index is 1.86. The molecule has 1 unspecified atom stereocenters. The van der Waals surface area contributed by atoms with Crippen LogP contribution in [0.5, 0.6) is 0 Å². The van der Waals surface area contributed by atoms with Crippen molar-refractivity contribution >= 4 is 34.4 Å². The van der Waals surface area contributed by atoms with E-state index in [4.69, 9.17) is 0 Å². The lowest BCUT2D eigenvalue weighted by Crippen LogP contribution is -2.68. The van der Waals surface area contributed by atoms with Gasteiger partial charge in [-0.1, -0.05) is 25.0 Å². The topological polar surface area (TPSA) is 49.4 Å². The number of halogens is 1. The molecule has 1 atom stereocenters. The van der Waals surface area contributed by atoms with Gasteiger partial charge in [-0.25, -0.2) is 0 Å². The molecule has 2 aliphatic rings. The number of amides is 2. The summed E-state index contributed by atoms with van der Waals surface area (Å²) in [5.41, 5.74) is 0.436. The molecule has 2 fully saturated rings. The predicted molar refractivity (Wildman–Crippen MR) is 88.5 cm³/mol. The van der Waals surface area contributed by atoms with Gasteiger partial charge in [0, 0.05) is 10.1 Å². The molecule has 5 heteroatoms. The van der Waals surface area contributed by atoms with E-state index in [1.54, 1.807) is 4.90 Å². The van der Waals surface area contributed by atoms with Crippen molar-refractivity contribution in [2.24, 2.45) is 0 Å². The van der Waals surface area contributed by atoms with E-state index in [9.17, 15) is 9.59 Å². The summed E-state index contributed by atoms with van der Waals surface area (Å²) in [6.45, 7) is 2.31. The van der Waals surface area contributed by atoms with Gasteiger partial charge in [-0.05, 0) is 60.1 Å². The first kappa shape index (κ1) is 14.8. The van der Waals surface area contributed by atoms with Crippen molar-refractivity contribution in [3.05, 3.63) is 33.4 Å². The maximum Gasteiger partial charge on any atom is 0.249 e. The monoisotopic (exact) mass is 398 g/mol. The molecule has 1 heterocycles. The average molecular weight is 398 g/mol. The molecule has 2 amide bonds. The molecule has 1 aliphatic heterocycles. The van der Waals surface area contributed by atoms with Gasteiger partial charge in [0.2, 0.25) is 11.8 Å². The van der Waals surface area contributed by atoms with Gasteiger partial charge < -0.3 is 10.2 Å². The van der Waals surface area contributed by atoms with Crippen LogP contribution in [0, 0.1) is 3.57 Å². The van der Waals surface area contributed by atoms with E-state index in [-0.39, 0.29) is 11.8 Å². The molecule has 21 heavy (non-hydrogen) atoms. The van der Waals surface area contributed by atoms with E-state index in [2.05, 4.69) is 27.9 Å². The first-order valence-electron chi connectivity index (χ1n) is 7.39. The fourth-order valence-corrected chi connectivity index (χ4v) is 3.66. The number of hydrogen-bond donors (Lipinski definition) is 1. The summed E-state index contributed by atoms with van der Waals surface area (Å²) in [6, 6.07) is 7.70. The van der Waals surface area contributed by atoms with Crippen LogP contribution in [0.15, 0.2) is 24.3 Å². The van der Waals surface area contributed by atoms with Crippen LogP contribution in [0.2, 0.25) is 0 Å². The second kappa shape index (κ2) is 5.59. The van der Waals surface area contributed by atoms with Gasteiger partial charge >= 0.3 is 0 Å². The second-order valence-electron chi connectivity index (χ2n) is 6.01. The van der Waals surface area contributed by atoms with Crippen molar-refractivity contribution in [1.29, 1.82) is 0 Å². The fraction of sp³-hybridized carbons (Fsp3) is 0.500. The number of piperazine rings is 1. The Hall–Kier alpha value is -1.11. The maximum atomic E-state index is 12.9. The Morgan fingerprint density at radius 3 is 2.48 bits per heavy atom. The smallest absolute Gasteiger partial charge is 0.249 e. The van der Waals surface area contributed by atoms with Crippen molar-refractivity contribution in [2.45, 2.75) is 50.7 Å². The van der Waals surface area contributed by atoms with E-state index in [1.807, 2.05) is 31.2 Å². The quantitative estimate of drug-likeness (QED) is 0.779. The number of hydrogen-bond acceptors (Lipinski definition) is 2. The van der Waals surface area contributed by atoms with E-state index >= 15 is 0 Å². The summed E-state index contributed by atoms with van der Waals surface area (Å²) in [6.07, 6.45) is 3.57. The number of rotatable bonds is 2. The zero-order valence-electron chi connectivity index (χ0n) is 12.1. The van der Waals surface area contributed by atoms with Crippen molar-refractivity contribution in [3.8, 4) is 0 Å². The molecule has 1 saturated carbocycles. The molecule has 1 aromatic carbocycles. The Morgan fingerprint density at radius 1 is 1.24 bits per heavy atom. The van der Waals surface area contributed by atoms with Crippen molar-refractivity contribution < 1.29 is 9.59 Å². The standard InChI is InChI=1S/C16H19IN2O2/c1-11-14(20)18-16(8-2-3-9-16)15(21)19(11)10-12-4-6-13(17)7-5-12/h4-7,11H,2-3,8-10H2,1H3,(H,18,20). The molecule has 1 aromatic rings. The Labute approximate surface area is 138 Å². The summed E-state index contributed by atoms with van der Waals surface area (Å²) in [4.78, 5) is 26.9. The summed E-state index contributed by atoms with van der Waals surface area (Å²) >= 11 is 2.26. The minimum Gasteiger partial charge on any atom is -0.340 e. The highest BCUT2D eigenvalue weighted by atomic mass is 127. The van der Waals surface area contributed by atoms with Gasteiger partial charge in [-0.2, -0.15) is 0 Å². The van der Waals surface area contributed by atoms with Crippen LogP contribution >= 0.6 is 22.6 Å². The minimum atomic E-state index is -0.632. The Bertz CT molecular complexity index is 564. The number of carbonyl (C=O) groups excluding carboxylic acids is 2. The first-order valence-corrected chi connectivity index (χ1v) is 8.47. The van der Waals surface area contributed by atoms with Gasteiger partial charge in [-0.15, -0.1) is 0 Å². The summed E-state index contributed by atoms with van der Waals surface area (Å²) < 4.78 is 1.17. The molecule has 112 valence electrons. The highest BCUT2D eigenvalue weighted by molar-refractivity contribution is 14.1. The van der Waals surface area contributed by atoms with Gasteiger partial charge in [0.25, 0.3) is 0 Å². The molecule has 4 nitrogen and oxygen atoms in total. The lowest BCUT2D eigenvalue weighted by Gasteiger charge is -2.43. The molecule has 1 spiro atoms.